The van der Waals surface area contributed by atoms with E-state index in [-0.39, 0.29) is 0 Å². The zero-order valence-corrected chi connectivity index (χ0v) is 6.98. The van der Waals surface area contributed by atoms with Crippen molar-refractivity contribution in [3.05, 3.63) is 32.9 Å². The van der Waals surface area contributed by atoms with E-state index in [4.69, 9.17) is 0 Å². The summed E-state index contributed by atoms with van der Waals surface area (Å²) < 4.78 is 12.0. The molecular formula is C7H11FN2O2. The highest BCUT2D eigenvalue weighted by atomic mass is 19.1. The van der Waals surface area contributed by atoms with E-state index in [9.17, 15) is 14.0 Å². The Morgan fingerprint density at radius 1 is 1.42 bits per heavy atom. The van der Waals surface area contributed by atoms with Gasteiger partial charge in [-0.25, -0.2) is 4.79 Å². The molecule has 0 saturated carbocycles. The molecule has 0 bridgehead atoms. The molecule has 1 rings (SSSR count). The summed E-state index contributed by atoms with van der Waals surface area (Å²) in [5.74, 6) is -0.991. The maximum Gasteiger partial charge on any atom is 0.325 e. The second kappa shape index (κ2) is 5.29. The Balaban J connectivity index is 0.000000354. The minimum Gasteiger partial charge on any atom is -0.311 e. The zero-order chi connectivity index (χ0) is 9.56. The molecule has 0 unspecified atom stereocenters. The van der Waals surface area contributed by atoms with Gasteiger partial charge in [-0.1, -0.05) is 20.3 Å². The van der Waals surface area contributed by atoms with Gasteiger partial charge in [0.25, 0.3) is 5.56 Å². The van der Waals surface area contributed by atoms with Gasteiger partial charge in [-0.05, 0) is 0 Å². The number of halogens is 1. The van der Waals surface area contributed by atoms with Gasteiger partial charge < -0.3 is 4.98 Å². The molecule has 0 aliphatic rings. The number of hydrogen-bond acceptors (Lipinski definition) is 2. The second-order valence-electron chi connectivity index (χ2n) is 2.13. The topological polar surface area (TPSA) is 65.7 Å². The molecule has 0 spiro atoms. The Bertz CT molecular complexity index is 329. The van der Waals surface area contributed by atoms with Crippen LogP contribution in [-0.4, -0.2) is 9.97 Å². The molecular weight excluding hydrogens is 163 g/mol. The summed E-state index contributed by atoms with van der Waals surface area (Å²) in [4.78, 5) is 24.0. The van der Waals surface area contributed by atoms with Crippen molar-refractivity contribution in [2.45, 2.75) is 20.3 Å². The third kappa shape index (κ3) is 3.70. The highest BCUT2D eigenvalue weighted by Gasteiger charge is 1.93. The predicted molar refractivity (Wildman–Crippen MR) is 43.6 cm³/mol. The molecule has 0 amide bonds. The van der Waals surface area contributed by atoms with E-state index in [1.165, 1.54) is 6.42 Å². The van der Waals surface area contributed by atoms with Gasteiger partial charge in [0.2, 0.25) is 5.82 Å². The summed E-state index contributed by atoms with van der Waals surface area (Å²) in [6.07, 6.45) is 1.96. The van der Waals surface area contributed by atoms with Crippen molar-refractivity contribution in [2.24, 2.45) is 0 Å². The Kier molecular flexibility index (Phi) is 4.67. The number of aromatic nitrogens is 2. The van der Waals surface area contributed by atoms with Crippen LogP contribution in [0.4, 0.5) is 4.39 Å². The number of hydrogen-bond donors (Lipinski definition) is 2. The van der Waals surface area contributed by atoms with E-state index in [0.29, 0.717) is 6.20 Å². The monoisotopic (exact) mass is 174 g/mol. The Hall–Kier alpha value is -1.39. The van der Waals surface area contributed by atoms with E-state index in [1.54, 1.807) is 4.98 Å². The molecule has 0 aliphatic heterocycles. The van der Waals surface area contributed by atoms with Gasteiger partial charge in [-0.2, -0.15) is 4.39 Å². The van der Waals surface area contributed by atoms with Gasteiger partial charge in [0.05, 0.1) is 0 Å². The molecule has 0 radical (unpaired) electrons. The Morgan fingerprint density at radius 2 is 1.92 bits per heavy atom. The minimum absolute atomic E-state index is 0.707. The lowest BCUT2D eigenvalue weighted by atomic mass is 10.6. The summed E-state index contributed by atoms with van der Waals surface area (Å²) >= 11 is 0. The average molecular weight is 174 g/mol. The molecule has 12 heavy (non-hydrogen) atoms. The van der Waals surface area contributed by atoms with Crippen LogP contribution in [0.15, 0.2) is 15.8 Å². The fraction of sp³-hybridized carbons (Fsp3) is 0.429. The van der Waals surface area contributed by atoms with Gasteiger partial charge >= 0.3 is 5.69 Å². The summed E-state index contributed by atoms with van der Waals surface area (Å²) in [5, 5.41) is 0. The zero-order valence-electron chi connectivity index (χ0n) is 6.98. The molecule has 2 N–H and O–H groups in total. The lowest BCUT2D eigenvalue weighted by Crippen LogP contribution is -2.23. The number of H-pyrrole nitrogens is 2. The molecule has 4 nitrogen and oxygen atoms in total. The number of rotatable bonds is 0. The maximum atomic E-state index is 12.0. The number of nitrogens with one attached hydrogen (secondary N) is 2. The van der Waals surface area contributed by atoms with E-state index in [2.05, 4.69) is 13.8 Å². The van der Waals surface area contributed by atoms with Crippen LogP contribution in [0.5, 0.6) is 0 Å². The molecule has 1 aromatic heterocycles. The van der Waals surface area contributed by atoms with Crippen LogP contribution < -0.4 is 11.2 Å². The van der Waals surface area contributed by atoms with Gasteiger partial charge in [0.1, 0.15) is 0 Å². The first kappa shape index (κ1) is 10.6. The van der Waals surface area contributed by atoms with Crippen molar-refractivity contribution in [3.63, 3.8) is 0 Å². The highest BCUT2D eigenvalue weighted by Crippen LogP contribution is 1.74. The van der Waals surface area contributed by atoms with E-state index < -0.39 is 17.1 Å². The standard InChI is InChI=1S/C4H3FN2O2.C3H8/c5-2-1-6-4(9)7-3(2)8;1-3-2/h1H,(H2,6,7,8,9);3H2,1-2H3. The van der Waals surface area contributed by atoms with E-state index in [1.807, 2.05) is 4.98 Å². The third-order valence-electron chi connectivity index (χ3n) is 0.774. The minimum atomic E-state index is -1.00. The smallest absolute Gasteiger partial charge is 0.311 e. The Morgan fingerprint density at radius 3 is 2.25 bits per heavy atom. The summed E-state index contributed by atoms with van der Waals surface area (Å²) in [6.45, 7) is 4.25. The molecule has 5 heteroatoms. The summed E-state index contributed by atoms with van der Waals surface area (Å²) in [6, 6.07) is 0. The van der Waals surface area contributed by atoms with E-state index in [0.717, 1.165) is 0 Å². The van der Waals surface area contributed by atoms with Crippen LogP contribution in [0.3, 0.4) is 0 Å². The maximum absolute atomic E-state index is 12.0. The van der Waals surface area contributed by atoms with Crippen molar-refractivity contribution in [1.82, 2.24) is 9.97 Å². The van der Waals surface area contributed by atoms with Crippen LogP contribution in [0, 0.1) is 5.82 Å². The van der Waals surface area contributed by atoms with Crippen LogP contribution in [0.25, 0.3) is 0 Å². The van der Waals surface area contributed by atoms with Crippen LogP contribution in [0.2, 0.25) is 0 Å². The number of aromatic amines is 2. The lowest BCUT2D eigenvalue weighted by Gasteiger charge is -1.81. The van der Waals surface area contributed by atoms with Crippen molar-refractivity contribution in [3.8, 4) is 0 Å². The van der Waals surface area contributed by atoms with Gasteiger partial charge in [0, 0.05) is 6.20 Å². The molecule has 0 saturated heterocycles. The molecule has 1 aromatic rings. The average Bonchev–Trinajstić information content (AvgIpc) is 1.99. The van der Waals surface area contributed by atoms with Gasteiger partial charge in [0.15, 0.2) is 0 Å². The SMILES string of the molecule is CCC.O=c1[nH]cc(F)c(=O)[nH]1. The first-order valence-corrected chi connectivity index (χ1v) is 3.59. The first-order chi connectivity index (χ1) is 5.61. The van der Waals surface area contributed by atoms with E-state index >= 15 is 0 Å². The fourth-order valence-electron chi connectivity index (χ4n) is 0.393. The third-order valence-corrected chi connectivity index (χ3v) is 0.774. The van der Waals surface area contributed by atoms with Crippen molar-refractivity contribution < 1.29 is 4.39 Å². The first-order valence-electron chi connectivity index (χ1n) is 3.59. The molecule has 0 atom stereocenters. The molecule has 0 aromatic carbocycles. The molecule has 0 aliphatic carbocycles. The van der Waals surface area contributed by atoms with Crippen LogP contribution in [-0.2, 0) is 0 Å². The Labute approximate surface area is 68.5 Å². The highest BCUT2D eigenvalue weighted by molar-refractivity contribution is 4.83. The summed E-state index contributed by atoms with van der Waals surface area (Å²) in [7, 11) is 0. The van der Waals surface area contributed by atoms with Crippen molar-refractivity contribution >= 4 is 0 Å². The van der Waals surface area contributed by atoms with Gasteiger partial charge in [-0.15, -0.1) is 0 Å². The molecule has 1 heterocycles. The van der Waals surface area contributed by atoms with Crippen LogP contribution in [0.1, 0.15) is 20.3 Å². The van der Waals surface area contributed by atoms with Gasteiger partial charge in [-0.3, -0.25) is 9.78 Å². The van der Waals surface area contributed by atoms with Crippen LogP contribution >= 0.6 is 0 Å². The lowest BCUT2D eigenvalue weighted by molar-refractivity contribution is 0.597. The molecule has 68 valence electrons. The largest absolute Gasteiger partial charge is 0.325 e. The summed E-state index contributed by atoms with van der Waals surface area (Å²) in [5.41, 5.74) is -1.71. The predicted octanol–water partition coefficient (Wildman–Crippen LogP) is 0.619. The molecule has 0 fully saturated rings. The normalized spacial score (nSPS) is 8.58. The quantitative estimate of drug-likeness (QED) is 0.605. The van der Waals surface area contributed by atoms with Crippen molar-refractivity contribution in [1.29, 1.82) is 0 Å². The fourth-order valence-corrected chi connectivity index (χ4v) is 0.393. The van der Waals surface area contributed by atoms with Crippen molar-refractivity contribution in [2.75, 3.05) is 0 Å². The second-order valence-corrected chi connectivity index (χ2v) is 2.13.